The molecule has 124 valence electrons. The van der Waals surface area contributed by atoms with Crippen LogP contribution in [0.15, 0.2) is 41.3 Å². The van der Waals surface area contributed by atoms with Crippen molar-refractivity contribution in [3.05, 3.63) is 57.8 Å². The third-order valence-electron chi connectivity index (χ3n) is 3.20. The molecule has 0 bridgehead atoms. The van der Waals surface area contributed by atoms with Gasteiger partial charge in [-0.2, -0.15) is 0 Å². The second-order valence-electron chi connectivity index (χ2n) is 4.79. The Hall–Kier alpha value is -1.34. The van der Waals surface area contributed by atoms with Crippen LogP contribution in [-0.4, -0.2) is 15.5 Å². The predicted octanol–water partition coefficient (Wildman–Crippen LogP) is 4.18. The van der Waals surface area contributed by atoms with Crippen LogP contribution in [0.2, 0.25) is 10.0 Å². The maximum Gasteiger partial charge on any atom is 0.244 e. The van der Waals surface area contributed by atoms with Crippen molar-refractivity contribution in [2.24, 2.45) is 0 Å². The third kappa shape index (κ3) is 3.95. The van der Waals surface area contributed by atoms with Crippen LogP contribution in [0, 0.1) is 5.82 Å². The number of halogens is 3. The fourth-order valence-corrected chi connectivity index (χ4v) is 4.43. The van der Waals surface area contributed by atoms with E-state index in [0.29, 0.717) is 5.56 Å². The molecule has 2 aromatic rings. The van der Waals surface area contributed by atoms with Crippen LogP contribution in [0.1, 0.15) is 18.5 Å². The molecule has 1 atom stereocenters. The lowest BCUT2D eigenvalue weighted by molar-refractivity contribution is 0.386. The van der Waals surface area contributed by atoms with Gasteiger partial charge < -0.3 is 4.74 Å². The molecular formula is C15H14Cl2FNO3S. The van der Waals surface area contributed by atoms with Crippen LogP contribution in [0.3, 0.4) is 0 Å². The second kappa shape index (κ2) is 7.05. The third-order valence-corrected chi connectivity index (χ3v) is 5.69. The monoisotopic (exact) mass is 377 g/mol. The van der Waals surface area contributed by atoms with E-state index in [9.17, 15) is 12.8 Å². The lowest BCUT2D eigenvalue weighted by atomic mass is 10.1. The molecule has 1 N–H and O–H groups in total. The Morgan fingerprint density at radius 3 is 2.30 bits per heavy atom. The quantitative estimate of drug-likeness (QED) is 0.849. The smallest absolute Gasteiger partial charge is 0.244 e. The van der Waals surface area contributed by atoms with Gasteiger partial charge in [-0.1, -0.05) is 35.3 Å². The van der Waals surface area contributed by atoms with Gasteiger partial charge in [-0.25, -0.2) is 17.5 Å². The molecule has 0 heterocycles. The zero-order valence-electron chi connectivity index (χ0n) is 12.3. The van der Waals surface area contributed by atoms with E-state index in [1.807, 2.05) is 0 Å². The summed E-state index contributed by atoms with van der Waals surface area (Å²) in [7, 11) is -2.61. The standard InChI is InChI=1S/C15H14Cl2FNO3S/c1-9(10-6-7-14(22-2)13(18)8-10)19-23(20,21)15-11(16)4-3-5-12(15)17/h3-9,19H,1-2H3. The predicted molar refractivity (Wildman–Crippen MR) is 88.2 cm³/mol. The molecule has 23 heavy (non-hydrogen) atoms. The number of hydrogen-bond acceptors (Lipinski definition) is 3. The number of methoxy groups -OCH3 is 1. The highest BCUT2D eigenvalue weighted by Crippen LogP contribution is 2.30. The van der Waals surface area contributed by atoms with Gasteiger partial charge in [-0.3, -0.25) is 0 Å². The summed E-state index contributed by atoms with van der Waals surface area (Å²) in [6.45, 7) is 1.59. The molecule has 2 rings (SSSR count). The minimum absolute atomic E-state index is 0.0121. The topological polar surface area (TPSA) is 55.4 Å². The van der Waals surface area contributed by atoms with Crippen molar-refractivity contribution in [1.82, 2.24) is 4.72 Å². The summed E-state index contributed by atoms with van der Waals surface area (Å²) >= 11 is 11.9. The van der Waals surface area contributed by atoms with Gasteiger partial charge in [0.15, 0.2) is 11.6 Å². The fraction of sp³-hybridized carbons (Fsp3) is 0.200. The van der Waals surface area contributed by atoms with Crippen LogP contribution in [-0.2, 0) is 10.0 Å². The summed E-state index contributed by atoms with van der Waals surface area (Å²) in [5, 5.41) is 0.0243. The molecular weight excluding hydrogens is 364 g/mol. The number of sulfonamides is 1. The van der Waals surface area contributed by atoms with Crippen molar-refractivity contribution in [3.8, 4) is 5.75 Å². The molecule has 0 radical (unpaired) electrons. The van der Waals surface area contributed by atoms with Crippen molar-refractivity contribution in [3.63, 3.8) is 0 Å². The molecule has 0 aliphatic carbocycles. The highest BCUT2D eigenvalue weighted by Gasteiger charge is 2.24. The molecule has 8 heteroatoms. The van der Waals surface area contributed by atoms with Gasteiger partial charge in [0.1, 0.15) is 4.90 Å². The Morgan fingerprint density at radius 1 is 1.17 bits per heavy atom. The van der Waals surface area contributed by atoms with Crippen molar-refractivity contribution < 1.29 is 17.5 Å². The molecule has 0 aliphatic heterocycles. The first-order chi connectivity index (χ1) is 10.8. The molecule has 0 saturated carbocycles. The second-order valence-corrected chi connectivity index (χ2v) is 7.25. The summed E-state index contributed by atoms with van der Waals surface area (Å²) < 4.78 is 45.9. The molecule has 0 aliphatic rings. The van der Waals surface area contributed by atoms with Crippen molar-refractivity contribution >= 4 is 33.2 Å². The Morgan fingerprint density at radius 2 is 1.78 bits per heavy atom. The molecule has 0 fully saturated rings. The van der Waals surface area contributed by atoms with E-state index < -0.39 is 21.9 Å². The van der Waals surface area contributed by atoms with E-state index >= 15 is 0 Å². The normalized spacial score (nSPS) is 12.9. The number of benzene rings is 2. The van der Waals surface area contributed by atoms with Crippen molar-refractivity contribution in [2.75, 3.05) is 7.11 Å². The summed E-state index contributed by atoms with van der Waals surface area (Å²) in [6, 6.07) is 7.93. The SMILES string of the molecule is COc1ccc(C(C)NS(=O)(=O)c2c(Cl)cccc2Cl)cc1F. The highest BCUT2D eigenvalue weighted by atomic mass is 35.5. The van der Waals surface area contributed by atoms with Gasteiger partial charge >= 0.3 is 0 Å². The van der Waals surface area contributed by atoms with Gasteiger partial charge in [0.25, 0.3) is 0 Å². The summed E-state index contributed by atoms with van der Waals surface area (Å²) in [5.41, 5.74) is 0.440. The van der Waals surface area contributed by atoms with Crippen LogP contribution in [0.25, 0.3) is 0 Å². The Kier molecular flexibility index (Phi) is 5.52. The van der Waals surface area contributed by atoms with E-state index in [2.05, 4.69) is 4.72 Å². The largest absolute Gasteiger partial charge is 0.494 e. The molecule has 0 saturated heterocycles. The van der Waals surface area contributed by atoms with E-state index in [1.165, 1.54) is 31.4 Å². The molecule has 0 spiro atoms. The lowest BCUT2D eigenvalue weighted by Crippen LogP contribution is -2.27. The summed E-state index contributed by atoms with van der Waals surface area (Å²) in [5.74, 6) is -0.496. The van der Waals surface area contributed by atoms with E-state index in [4.69, 9.17) is 27.9 Å². The Labute approximate surface area is 144 Å². The number of nitrogens with one attached hydrogen (secondary N) is 1. The molecule has 0 amide bonds. The lowest BCUT2D eigenvalue weighted by Gasteiger charge is -2.16. The van der Waals surface area contributed by atoms with E-state index in [1.54, 1.807) is 19.1 Å². The zero-order valence-corrected chi connectivity index (χ0v) is 14.6. The van der Waals surface area contributed by atoms with Gasteiger partial charge in [0.2, 0.25) is 10.0 Å². The maximum absolute atomic E-state index is 13.8. The number of hydrogen-bond donors (Lipinski definition) is 1. The minimum atomic E-state index is -3.97. The van der Waals surface area contributed by atoms with E-state index in [0.717, 1.165) is 0 Å². The molecule has 0 aromatic heterocycles. The minimum Gasteiger partial charge on any atom is -0.494 e. The van der Waals surface area contributed by atoms with Crippen molar-refractivity contribution in [2.45, 2.75) is 17.9 Å². The first kappa shape index (κ1) is 18.0. The van der Waals surface area contributed by atoms with Gasteiger partial charge in [0, 0.05) is 6.04 Å². The average Bonchev–Trinajstić information content (AvgIpc) is 2.46. The highest BCUT2D eigenvalue weighted by molar-refractivity contribution is 7.89. The van der Waals surface area contributed by atoms with Crippen LogP contribution >= 0.6 is 23.2 Å². The number of ether oxygens (including phenoxy) is 1. The molecule has 2 aromatic carbocycles. The molecule has 4 nitrogen and oxygen atoms in total. The van der Waals surface area contributed by atoms with Gasteiger partial charge in [-0.15, -0.1) is 0 Å². The van der Waals surface area contributed by atoms with Crippen LogP contribution in [0.5, 0.6) is 5.75 Å². The van der Waals surface area contributed by atoms with E-state index in [-0.39, 0.29) is 20.7 Å². The first-order valence-corrected chi connectivity index (χ1v) is 8.80. The molecule has 1 unspecified atom stereocenters. The number of rotatable bonds is 5. The average molecular weight is 378 g/mol. The van der Waals surface area contributed by atoms with Gasteiger partial charge in [0.05, 0.1) is 17.2 Å². The first-order valence-electron chi connectivity index (χ1n) is 6.56. The Balaban J connectivity index is 2.32. The van der Waals surface area contributed by atoms with Crippen LogP contribution in [0.4, 0.5) is 4.39 Å². The fourth-order valence-electron chi connectivity index (χ4n) is 2.05. The maximum atomic E-state index is 13.8. The zero-order chi connectivity index (χ0) is 17.2. The summed E-state index contributed by atoms with van der Waals surface area (Å²) in [4.78, 5) is -0.204. The van der Waals surface area contributed by atoms with Crippen LogP contribution < -0.4 is 9.46 Å². The Bertz CT molecular complexity index is 807. The van der Waals surface area contributed by atoms with Crippen molar-refractivity contribution in [1.29, 1.82) is 0 Å². The summed E-state index contributed by atoms with van der Waals surface area (Å²) in [6.07, 6.45) is 0. The van der Waals surface area contributed by atoms with Gasteiger partial charge in [-0.05, 0) is 36.8 Å².